The lowest BCUT2D eigenvalue weighted by molar-refractivity contribution is -0.137. The number of benzene rings is 1. The summed E-state index contributed by atoms with van der Waals surface area (Å²) in [4.78, 5) is 0.260. The minimum absolute atomic E-state index is 0.0803. The molecule has 1 unspecified atom stereocenters. The second-order valence-electron chi connectivity index (χ2n) is 4.86. The number of alkyl halides is 3. The van der Waals surface area contributed by atoms with Gasteiger partial charge in [0.25, 0.3) is 0 Å². The number of hydrogen-bond donors (Lipinski definition) is 1. The van der Waals surface area contributed by atoms with Crippen LogP contribution in [0.25, 0.3) is 0 Å². The molecule has 0 radical (unpaired) electrons. The van der Waals surface area contributed by atoms with Crippen LogP contribution in [0.2, 0.25) is 0 Å². The largest absolute Gasteiger partial charge is 0.416 e. The summed E-state index contributed by atoms with van der Waals surface area (Å²) in [5.74, 6) is 0. The van der Waals surface area contributed by atoms with Crippen LogP contribution < -0.4 is 5.73 Å². The fourth-order valence-corrected chi connectivity index (χ4v) is 3.83. The first-order valence-electron chi connectivity index (χ1n) is 6.21. The molecule has 0 aliphatic heterocycles. The molecule has 6 heteroatoms. The summed E-state index contributed by atoms with van der Waals surface area (Å²) in [5.41, 5.74) is 5.02. The summed E-state index contributed by atoms with van der Waals surface area (Å²) in [6, 6.07) is 4.93. The average molecular weight is 291 g/mol. The molecule has 0 saturated heterocycles. The van der Waals surface area contributed by atoms with Gasteiger partial charge in [-0.3, -0.25) is 4.21 Å². The summed E-state index contributed by atoms with van der Waals surface area (Å²) in [5, 5.41) is -0.0803. The first kappa shape index (κ1) is 14.5. The fourth-order valence-electron chi connectivity index (χ4n) is 2.29. The third-order valence-corrected chi connectivity index (χ3v) is 5.21. The Morgan fingerprint density at radius 1 is 1.16 bits per heavy atom. The van der Waals surface area contributed by atoms with Crippen LogP contribution >= 0.6 is 0 Å². The molecule has 0 amide bonds. The van der Waals surface area contributed by atoms with Crippen molar-refractivity contribution >= 4 is 10.8 Å². The SMILES string of the molecule is NC1CCC(S(=O)c2cccc(C(F)(F)F)c2)CC1. The van der Waals surface area contributed by atoms with Crippen LogP contribution in [-0.4, -0.2) is 15.5 Å². The Hall–Kier alpha value is -0.880. The Balaban J connectivity index is 2.15. The monoisotopic (exact) mass is 291 g/mol. The van der Waals surface area contributed by atoms with Crippen LogP contribution in [0, 0.1) is 0 Å². The van der Waals surface area contributed by atoms with Crippen LogP contribution in [0.5, 0.6) is 0 Å². The normalized spacial score (nSPS) is 26.1. The molecule has 1 aromatic carbocycles. The van der Waals surface area contributed by atoms with Crippen LogP contribution in [0.15, 0.2) is 29.2 Å². The molecular weight excluding hydrogens is 275 g/mol. The maximum absolute atomic E-state index is 12.6. The van der Waals surface area contributed by atoms with E-state index in [4.69, 9.17) is 5.73 Å². The Labute approximate surface area is 112 Å². The lowest BCUT2D eigenvalue weighted by Gasteiger charge is -2.25. The van der Waals surface area contributed by atoms with Gasteiger partial charge in [0.05, 0.1) is 16.4 Å². The van der Waals surface area contributed by atoms with Crippen molar-refractivity contribution in [3.05, 3.63) is 29.8 Å². The molecule has 0 spiro atoms. The molecular formula is C13H16F3NOS. The molecule has 1 atom stereocenters. The zero-order valence-electron chi connectivity index (χ0n) is 10.3. The van der Waals surface area contributed by atoms with E-state index in [9.17, 15) is 17.4 Å². The first-order valence-corrected chi connectivity index (χ1v) is 7.42. The van der Waals surface area contributed by atoms with E-state index in [0.29, 0.717) is 12.8 Å². The van der Waals surface area contributed by atoms with Crippen molar-refractivity contribution in [3.8, 4) is 0 Å². The van der Waals surface area contributed by atoms with Crippen molar-refractivity contribution < 1.29 is 17.4 Å². The Morgan fingerprint density at radius 2 is 1.79 bits per heavy atom. The number of rotatable bonds is 2. The van der Waals surface area contributed by atoms with E-state index in [2.05, 4.69) is 0 Å². The summed E-state index contributed by atoms with van der Waals surface area (Å²) in [7, 11) is -1.39. The van der Waals surface area contributed by atoms with E-state index in [-0.39, 0.29) is 16.2 Å². The summed E-state index contributed by atoms with van der Waals surface area (Å²) >= 11 is 0. The maximum atomic E-state index is 12.6. The Bertz CT molecular complexity index is 467. The van der Waals surface area contributed by atoms with Gasteiger partial charge in [0, 0.05) is 16.2 Å². The molecule has 19 heavy (non-hydrogen) atoms. The minimum Gasteiger partial charge on any atom is -0.328 e. The molecule has 2 rings (SSSR count). The zero-order chi connectivity index (χ0) is 14.0. The molecule has 106 valence electrons. The fraction of sp³-hybridized carbons (Fsp3) is 0.538. The highest BCUT2D eigenvalue weighted by atomic mass is 32.2. The third kappa shape index (κ3) is 3.57. The summed E-state index contributed by atoms with van der Waals surface area (Å²) < 4.78 is 50.1. The van der Waals surface area contributed by atoms with Crippen molar-refractivity contribution in [1.29, 1.82) is 0 Å². The average Bonchev–Trinajstić information content (AvgIpc) is 2.38. The van der Waals surface area contributed by atoms with Crippen molar-refractivity contribution in [1.82, 2.24) is 0 Å². The molecule has 1 aromatic rings. The van der Waals surface area contributed by atoms with E-state index in [1.165, 1.54) is 12.1 Å². The Kier molecular flexibility index (Phi) is 4.30. The highest BCUT2D eigenvalue weighted by molar-refractivity contribution is 7.85. The number of hydrogen-bond acceptors (Lipinski definition) is 2. The van der Waals surface area contributed by atoms with Gasteiger partial charge < -0.3 is 5.73 Å². The van der Waals surface area contributed by atoms with Gasteiger partial charge in [0.1, 0.15) is 0 Å². The van der Waals surface area contributed by atoms with Crippen LogP contribution in [0.4, 0.5) is 13.2 Å². The van der Waals surface area contributed by atoms with Crippen molar-refractivity contribution in [3.63, 3.8) is 0 Å². The molecule has 1 aliphatic rings. The minimum atomic E-state index is -4.39. The molecule has 0 heterocycles. The third-order valence-electron chi connectivity index (χ3n) is 3.42. The topological polar surface area (TPSA) is 43.1 Å². The molecule has 1 fully saturated rings. The van der Waals surface area contributed by atoms with E-state index in [0.717, 1.165) is 25.0 Å². The molecule has 0 aromatic heterocycles. The highest BCUT2D eigenvalue weighted by Gasteiger charge is 2.31. The van der Waals surface area contributed by atoms with E-state index in [1.54, 1.807) is 0 Å². The lowest BCUT2D eigenvalue weighted by Crippen LogP contribution is -2.31. The van der Waals surface area contributed by atoms with Gasteiger partial charge in [0.15, 0.2) is 0 Å². The lowest BCUT2D eigenvalue weighted by atomic mass is 9.96. The van der Waals surface area contributed by atoms with Gasteiger partial charge in [-0.15, -0.1) is 0 Å². The highest BCUT2D eigenvalue weighted by Crippen LogP contribution is 2.32. The van der Waals surface area contributed by atoms with Crippen LogP contribution in [0.3, 0.4) is 0 Å². The number of nitrogens with two attached hydrogens (primary N) is 1. The van der Waals surface area contributed by atoms with Gasteiger partial charge in [-0.1, -0.05) is 6.07 Å². The van der Waals surface area contributed by atoms with Gasteiger partial charge in [-0.2, -0.15) is 13.2 Å². The van der Waals surface area contributed by atoms with Crippen molar-refractivity contribution in [2.75, 3.05) is 0 Å². The van der Waals surface area contributed by atoms with Gasteiger partial charge in [-0.25, -0.2) is 0 Å². The van der Waals surface area contributed by atoms with Crippen LogP contribution in [-0.2, 0) is 17.0 Å². The predicted octanol–water partition coefficient (Wildman–Crippen LogP) is 3.08. The van der Waals surface area contributed by atoms with Crippen molar-refractivity contribution in [2.45, 2.75) is 48.0 Å². The molecule has 1 saturated carbocycles. The molecule has 2 N–H and O–H groups in total. The van der Waals surface area contributed by atoms with Crippen LogP contribution in [0.1, 0.15) is 31.2 Å². The smallest absolute Gasteiger partial charge is 0.328 e. The molecule has 0 bridgehead atoms. The van der Waals surface area contributed by atoms with Gasteiger partial charge in [-0.05, 0) is 43.9 Å². The first-order chi connectivity index (χ1) is 8.88. The van der Waals surface area contributed by atoms with E-state index >= 15 is 0 Å². The predicted molar refractivity (Wildman–Crippen MR) is 68.1 cm³/mol. The van der Waals surface area contributed by atoms with Gasteiger partial charge in [0.2, 0.25) is 0 Å². The maximum Gasteiger partial charge on any atom is 0.416 e. The summed E-state index contributed by atoms with van der Waals surface area (Å²) in [6.45, 7) is 0. The number of halogens is 3. The standard InChI is InChI=1S/C13H16F3NOS/c14-13(15,16)9-2-1-3-12(8-9)19(18)11-6-4-10(17)5-7-11/h1-3,8,10-11H,4-7,17H2. The van der Waals surface area contributed by atoms with E-state index in [1.807, 2.05) is 0 Å². The second-order valence-corrected chi connectivity index (χ2v) is 6.59. The van der Waals surface area contributed by atoms with Gasteiger partial charge >= 0.3 is 6.18 Å². The van der Waals surface area contributed by atoms with E-state index < -0.39 is 22.5 Å². The summed E-state index contributed by atoms with van der Waals surface area (Å²) in [6.07, 6.45) is -1.39. The zero-order valence-corrected chi connectivity index (χ0v) is 11.1. The molecule has 2 nitrogen and oxygen atoms in total. The second kappa shape index (κ2) is 5.63. The Morgan fingerprint density at radius 3 is 2.37 bits per heavy atom. The quantitative estimate of drug-likeness (QED) is 0.910. The molecule has 1 aliphatic carbocycles. The van der Waals surface area contributed by atoms with Crippen molar-refractivity contribution in [2.24, 2.45) is 5.73 Å².